The van der Waals surface area contributed by atoms with E-state index in [2.05, 4.69) is 59.2 Å². The Morgan fingerprint density at radius 2 is 1.74 bits per heavy atom. The summed E-state index contributed by atoms with van der Waals surface area (Å²) < 4.78 is 1.36. The van der Waals surface area contributed by atoms with Gasteiger partial charge in [0, 0.05) is 16.4 Å². The van der Waals surface area contributed by atoms with E-state index in [1.807, 2.05) is 0 Å². The van der Waals surface area contributed by atoms with Gasteiger partial charge in [-0.1, -0.05) is 24.3 Å². The molecule has 1 aromatic heterocycles. The lowest BCUT2D eigenvalue weighted by molar-refractivity contribution is 0.774. The van der Waals surface area contributed by atoms with Gasteiger partial charge in [-0.2, -0.15) is 0 Å². The zero-order valence-corrected chi connectivity index (χ0v) is 11.4. The van der Waals surface area contributed by atoms with Crippen molar-refractivity contribution in [3.63, 3.8) is 0 Å². The molecule has 0 unspecified atom stereocenters. The second-order valence-electron chi connectivity index (χ2n) is 5.19. The summed E-state index contributed by atoms with van der Waals surface area (Å²) in [4.78, 5) is 0. The number of rotatable bonds is 2. The van der Waals surface area contributed by atoms with Crippen LogP contribution in [0.4, 0.5) is 5.69 Å². The molecule has 0 saturated carbocycles. The molecular weight excluding hydrogens is 250 g/mol. The van der Waals surface area contributed by atoms with Gasteiger partial charge in [0.2, 0.25) is 0 Å². The summed E-state index contributed by atoms with van der Waals surface area (Å²) in [7, 11) is 0. The van der Waals surface area contributed by atoms with Crippen molar-refractivity contribution < 1.29 is 0 Å². The van der Waals surface area contributed by atoms with E-state index in [0.717, 1.165) is 12.8 Å². The van der Waals surface area contributed by atoms with Gasteiger partial charge < -0.3 is 5.32 Å². The van der Waals surface area contributed by atoms with Gasteiger partial charge in [0.25, 0.3) is 0 Å². The molecule has 0 bridgehead atoms. The molecular formula is C17H15NS. The molecule has 0 aliphatic heterocycles. The predicted molar refractivity (Wildman–Crippen MR) is 83.1 cm³/mol. The molecule has 0 fully saturated rings. The van der Waals surface area contributed by atoms with E-state index in [0.29, 0.717) is 6.04 Å². The van der Waals surface area contributed by atoms with Crippen LogP contribution < -0.4 is 5.32 Å². The van der Waals surface area contributed by atoms with Crippen molar-refractivity contribution in [1.82, 2.24) is 0 Å². The van der Waals surface area contributed by atoms with E-state index in [1.54, 1.807) is 11.3 Å². The van der Waals surface area contributed by atoms with Gasteiger partial charge in [-0.15, -0.1) is 11.3 Å². The Bertz CT molecular complexity index is 704. The molecule has 4 rings (SSSR count). The summed E-state index contributed by atoms with van der Waals surface area (Å²) in [5, 5.41) is 7.17. The van der Waals surface area contributed by atoms with Gasteiger partial charge in [-0.3, -0.25) is 0 Å². The third-order valence-electron chi connectivity index (χ3n) is 3.87. The van der Waals surface area contributed by atoms with Crippen molar-refractivity contribution in [3.05, 3.63) is 65.0 Å². The van der Waals surface area contributed by atoms with Crippen LogP contribution in [0, 0.1) is 0 Å². The molecule has 1 heterocycles. The van der Waals surface area contributed by atoms with Gasteiger partial charge in [-0.05, 0) is 59.0 Å². The van der Waals surface area contributed by atoms with Crippen molar-refractivity contribution >= 4 is 27.1 Å². The van der Waals surface area contributed by atoms with Gasteiger partial charge in [-0.25, -0.2) is 0 Å². The number of benzene rings is 2. The van der Waals surface area contributed by atoms with Crippen molar-refractivity contribution in [1.29, 1.82) is 0 Å². The molecule has 0 saturated heterocycles. The van der Waals surface area contributed by atoms with Crippen LogP contribution in [-0.2, 0) is 12.8 Å². The normalized spacial score (nSPS) is 14.7. The third kappa shape index (κ3) is 2.02. The topological polar surface area (TPSA) is 12.0 Å². The Labute approximate surface area is 116 Å². The van der Waals surface area contributed by atoms with Crippen LogP contribution in [0.2, 0.25) is 0 Å². The minimum Gasteiger partial charge on any atom is -0.382 e. The SMILES string of the molecule is c1ccc2c(c1)CC(Nc1ccc3sccc3c1)C2. The monoisotopic (exact) mass is 265 g/mol. The highest BCUT2D eigenvalue weighted by atomic mass is 32.1. The van der Waals surface area contributed by atoms with E-state index in [1.165, 1.54) is 26.9 Å². The molecule has 0 radical (unpaired) electrons. The Hall–Kier alpha value is -1.80. The summed E-state index contributed by atoms with van der Waals surface area (Å²) >= 11 is 1.80. The molecule has 0 amide bonds. The van der Waals surface area contributed by atoms with Gasteiger partial charge >= 0.3 is 0 Å². The fourth-order valence-corrected chi connectivity index (χ4v) is 3.72. The fourth-order valence-electron chi connectivity index (χ4n) is 2.95. The van der Waals surface area contributed by atoms with Gasteiger partial charge in [0.15, 0.2) is 0 Å². The molecule has 1 aliphatic carbocycles. The summed E-state index contributed by atoms with van der Waals surface area (Å²) in [5.41, 5.74) is 4.23. The Morgan fingerprint density at radius 1 is 0.947 bits per heavy atom. The average molecular weight is 265 g/mol. The first kappa shape index (κ1) is 11.1. The van der Waals surface area contributed by atoms with Crippen LogP contribution in [0.5, 0.6) is 0 Å². The first-order valence-corrected chi connectivity index (χ1v) is 7.57. The number of thiophene rings is 1. The molecule has 3 aromatic rings. The maximum absolute atomic E-state index is 3.67. The molecule has 1 N–H and O–H groups in total. The highest BCUT2D eigenvalue weighted by molar-refractivity contribution is 7.17. The predicted octanol–water partition coefficient (Wildman–Crippen LogP) is 4.48. The van der Waals surface area contributed by atoms with Crippen LogP contribution >= 0.6 is 11.3 Å². The Balaban J connectivity index is 1.56. The third-order valence-corrected chi connectivity index (χ3v) is 4.77. The van der Waals surface area contributed by atoms with E-state index in [-0.39, 0.29) is 0 Å². The van der Waals surface area contributed by atoms with Crippen molar-refractivity contribution in [2.75, 3.05) is 5.32 Å². The molecule has 19 heavy (non-hydrogen) atoms. The lowest BCUT2D eigenvalue weighted by Gasteiger charge is -2.13. The zero-order chi connectivity index (χ0) is 12.7. The first-order chi connectivity index (χ1) is 9.38. The molecule has 0 atom stereocenters. The lowest BCUT2D eigenvalue weighted by Crippen LogP contribution is -2.19. The molecule has 0 spiro atoms. The molecule has 94 valence electrons. The number of nitrogens with one attached hydrogen (secondary N) is 1. The number of anilines is 1. The van der Waals surface area contributed by atoms with E-state index >= 15 is 0 Å². The van der Waals surface area contributed by atoms with Crippen LogP contribution in [0.1, 0.15) is 11.1 Å². The Kier molecular flexibility index (Phi) is 2.56. The van der Waals surface area contributed by atoms with E-state index in [9.17, 15) is 0 Å². The average Bonchev–Trinajstić information content (AvgIpc) is 3.03. The number of hydrogen-bond donors (Lipinski definition) is 1. The van der Waals surface area contributed by atoms with Crippen LogP contribution in [0.3, 0.4) is 0 Å². The van der Waals surface area contributed by atoms with Crippen LogP contribution in [-0.4, -0.2) is 6.04 Å². The number of fused-ring (bicyclic) bond motifs is 2. The minimum absolute atomic E-state index is 0.536. The van der Waals surface area contributed by atoms with Crippen LogP contribution in [0.25, 0.3) is 10.1 Å². The molecule has 1 nitrogen and oxygen atoms in total. The molecule has 1 aliphatic rings. The van der Waals surface area contributed by atoms with E-state index < -0.39 is 0 Å². The summed E-state index contributed by atoms with van der Waals surface area (Å²) in [6.07, 6.45) is 2.27. The van der Waals surface area contributed by atoms with Crippen LogP contribution in [0.15, 0.2) is 53.9 Å². The smallest absolute Gasteiger partial charge is 0.0349 e. The highest BCUT2D eigenvalue weighted by Crippen LogP contribution is 2.27. The highest BCUT2D eigenvalue weighted by Gasteiger charge is 2.20. The summed E-state index contributed by atoms with van der Waals surface area (Å²) in [6, 6.07) is 18.2. The standard InChI is InChI=1S/C17H15NS/c1-2-4-13-10-16(9-12(13)3-1)18-15-5-6-17-14(11-15)7-8-19-17/h1-8,11,16,18H,9-10H2. The Morgan fingerprint density at radius 3 is 2.53 bits per heavy atom. The fraction of sp³-hybridized carbons (Fsp3) is 0.176. The zero-order valence-electron chi connectivity index (χ0n) is 10.6. The minimum atomic E-state index is 0.536. The summed E-state index contributed by atoms with van der Waals surface area (Å²) in [5.74, 6) is 0. The van der Waals surface area contributed by atoms with Crippen molar-refractivity contribution in [3.8, 4) is 0 Å². The molecule has 2 aromatic carbocycles. The first-order valence-electron chi connectivity index (χ1n) is 6.69. The lowest BCUT2D eigenvalue weighted by atomic mass is 10.1. The van der Waals surface area contributed by atoms with Crippen molar-refractivity contribution in [2.24, 2.45) is 0 Å². The van der Waals surface area contributed by atoms with E-state index in [4.69, 9.17) is 0 Å². The van der Waals surface area contributed by atoms with Crippen molar-refractivity contribution in [2.45, 2.75) is 18.9 Å². The maximum atomic E-state index is 3.67. The largest absolute Gasteiger partial charge is 0.382 e. The quantitative estimate of drug-likeness (QED) is 0.720. The number of hydrogen-bond acceptors (Lipinski definition) is 2. The maximum Gasteiger partial charge on any atom is 0.0349 e. The second-order valence-corrected chi connectivity index (χ2v) is 6.14. The summed E-state index contributed by atoms with van der Waals surface area (Å²) in [6.45, 7) is 0. The second kappa shape index (κ2) is 4.39. The van der Waals surface area contributed by atoms with Gasteiger partial charge in [0.05, 0.1) is 0 Å². The molecule has 2 heteroatoms. The van der Waals surface area contributed by atoms with Gasteiger partial charge in [0.1, 0.15) is 0 Å².